The lowest BCUT2D eigenvalue weighted by molar-refractivity contribution is -0.115. The Morgan fingerprint density at radius 3 is 3.00 bits per heavy atom. The molecule has 100 valence electrons. The summed E-state index contributed by atoms with van der Waals surface area (Å²) in [6.45, 7) is 2.10. The average molecular weight is 322 g/mol. The molecule has 0 aliphatic carbocycles. The van der Waals surface area contributed by atoms with Crippen molar-refractivity contribution in [3.05, 3.63) is 46.1 Å². The molecule has 0 aliphatic rings. The van der Waals surface area contributed by atoms with Crippen LogP contribution in [0.2, 0.25) is 0 Å². The van der Waals surface area contributed by atoms with Gasteiger partial charge < -0.3 is 5.32 Å². The van der Waals surface area contributed by atoms with Gasteiger partial charge >= 0.3 is 0 Å². The first kappa shape index (κ1) is 13.8. The van der Waals surface area contributed by atoms with Gasteiger partial charge in [0.2, 0.25) is 5.91 Å². The van der Waals surface area contributed by atoms with Gasteiger partial charge in [-0.3, -0.25) is 9.89 Å². The maximum Gasteiger partial charge on any atom is 0.229 e. The minimum absolute atomic E-state index is 0.0624. The summed E-state index contributed by atoms with van der Waals surface area (Å²) in [6.07, 6.45) is 2.33. The second kappa shape index (κ2) is 6.52. The van der Waals surface area contributed by atoms with Gasteiger partial charge in [0.1, 0.15) is 0 Å². The van der Waals surface area contributed by atoms with Crippen molar-refractivity contribution in [1.82, 2.24) is 10.2 Å². The molecule has 0 saturated heterocycles. The SMILES string of the molecule is CCCc1cc(NC(=O)Cc2cccc(Br)c2)n[nH]1. The minimum Gasteiger partial charge on any atom is -0.309 e. The molecule has 0 atom stereocenters. The van der Waals surface area contributed by atoms with Crippen LogP contribution in [0.15, 0.2) is 34.8 Å². The second-order valence-corrected chi connectivity index (χ2v) is 5.30. The van der Waals surface area contributed by atoms with Gasteiger partial charge in [0.05, 0.1) is 6.42 Å². The third-order valence-electron chi connectivity index (χ3n) is 2.67. The normalized spacial score (nSPS) is 10.4. The Labute approximate surface area is 120 Å². The number of hydrogen-bond donors (Lipinski definition) is 2. The highest BCUT2D eigenvalue weighted by Crippen LogP contribution is 2.13. The topological polar surface area (TPSA) is 57.8 Å². The standard InChI is InChI=1S/C14H16BrN3O/c1-2-4-12-9-13(18-17-12)16-14(19)8-10-5-3-6-11(15)7-10/h3,5-7,9H,2,4,8H2,1H3,(H2,16,17,18,19). The number of aromatic nitrogens is 2. The van der Waals surface area contributed by atoms with Gasteiger partial charge in [-0.1, -0.05) is 41.4 Å². The second-order valence-electron chi connectivity index (χ2n) is 4.38. The number of aryl methyl sites for hydroxylation is 1. The van der Waals surface area contributed by atoms with Crippen LogP contribution in [0.1, 0.15) is 24.6 Å². The van der Waals surface area contributed by atoms with Crippen LogP contribution in [-0.4, -0.2) is 16.1 Å². The molecule has 1 amide bonds. The van der Waals surface area contributed by atoms with Gasteiger partial charge in [0.15, 0.2) is 5.82 Å². The van der Waals surface area contributed by atoms with E-state index in [1.54, 1.807) is 0 Å². The van der Waals surface area contributed by atoms with Crippen molar-refractivity contribution in [3.63, 3.8) is 0 Å². The molecule has 2 rings (SSSR count). The molecule has 0 saturated carbocycles. The van der Waals surface area contributed by atoms with Crippen LogP contribution in [0.4, 0.5) is 5.82 Å². The molecule has 0 radical (unpaired) electrons. The van der Waals surface area contributed by atoms with E-state index in [0.717, 1.165) is 28.6 Å². The molecule has 19 heavy (non-hydrogen) atoms. The van der Waals surface area contributed by atoms with Gasteiger partial charge in [0, 0.05) is 16.2 Å². The third-order valence-corrected chi connectivity index (χ3v) is 3.16. The number of aromatic amines is 1. The number of nitrogens with zero attached hydrogens (tertiary/aromatic N) is 1. The molecule has 2 N–H and O–H groups in total. The lowest BCUT2D eigenvalue weighted by Crippen LogP contribution is -2.14. The number of amides is 1. The van der Waals surface area contributed by atoms with Crippen LogP contribution >= 0.6 is 15.9 Å². The summed E-state index contributed by atoms with van der Waals surface area (Å²) in [7, 11) is 0. The van der Waals surface area contributed by atoms with Gasteiger partial charge in [-0.2, -0.15) is 5.10 Å². The number of carbonyl (C=O) groups excluding carboxylic acids is 1. The first-order valence-corrected chi connectivity index (χ1v) is 7.05. The molecule has 1 aromatic carbocycles. The Hall–Kier alpha value is -1.62. The van der Waals surface area contributed by atoms with Crippen LogP contribution in [0, 0.1) is 0 Å². The molecule has 0 fully saturated rings. The maximum atomic E-state index is 11.9. The summed E-state index contributed by atoms with van der Waals surface area (Å²) >= 11 is 3.39. The number of rotatable bonds is 5. The molecule has 2 aromatic rings. The van der Waals surface area contributed by atoms with Crippen LogP contribution in [0.25, 0.3) is 0 Å². The van der Waals surface area contributed by atoms with Crippen LogP contribution < -0.4 is 5.32 Å². The summed E-state index contributed by atoms with van der Waals surface area (Å²) in [5, 5.41) is 9.77. The van der Waals surface area contributed by atoms with E-state index in [0.29, 0.717) is 12.2 Å². The zero-order valence-corrected chi connectivity index (χ0v) is 12.3. The smallest absolute Gasteiger partial charge is 0.229 e. The Bertz CT molecular complexity index is 565. The fourth-order valence-corrected chi connectivity index (χ4v) is 2.29. The van der Waals surface area contributed by atoms with Crippen molar-refractivity contribution < 1.29 is 4.79 Å². The number of carbonyl (C=O) groups is 1. The van der Waals surface area contributed by atoms with Crippen molar-refractivity contribution in [2.45, 2.75) is 26.2 Å². The van der Waals surface area contributed by atoms with Gasteiger partial charge in [-0.15, -0.1) is 0 Å². The van der Waals surface area contributed by atoms with Crippen LogP contribution in [0.3, 0.4) is 0 Å². The average Bonchev–Trinajstić information content (AvgIpc) is 2.77. The third kappa shape index (κ3) is 4.21. The van der Waals surface area contributed by atoms with Crippen LogP contribution in [0.5, 0.6) is 0 Å². The number of anilines is 1. The van der Waals surface area contributed by atoms with Gasteiger partial charge in [-0.25, -0.2) is 0 Å². The summed E-state index contributed by atoms with van der Waals surface area (Å²) in [4.78, 5) is 11.9. The Kier molecular flexibility index (Phi) is 4.74. The highest BCUT2D eigenvalue weighted by atomic mass is 79.9. The molecule has 0 unspecified atom stereocenters. The van der Waals surface area contributed by atoms with Crippen LogP contribution in [-0.2, 0) is 17.6 Å². The van der Waals surface area contributed by atoms with E-state index >= 15 is 0 Å². The molecule has 0 bridgehead atoms. The highest BCUT2D eigenvalue weighted by Gasteiger charge is 2.07. The molecule has 0 aliphatic heterocycles. The first-order chi connectivity index (χ1) is 9.17. The number of H-pyrrole nitrogens is 1. The van der Waals surface area contributed by atoms with Gasteiger partial charge in [-0.05, 0) is 24.1 Å². The molecule has 0 spiro atoms. The van der Waals surface area contributed by atoms with E-state index in [4.69, 9.17) is 0 Å². The monoisotopic (exact) mass is 321 g/mol. The lowest BCUT2D eigenvalue weighted by atomic mass is 10.1. The lowest BCUT2D eigenvalue weighted by Gasteiger charge is -2.02. The van der Waals surface area contributed by atoms with E-state index in [-0.39, 0.29) is 5.91 Å². The minimum atomic E-state index is -0.0624. The van der Waals surface area contributed by atoms with E-state index < -0.39 is 0 Å². The fraction of sp³-hybridized carbons (Fsp3) is 0.286. The van der Waals surface area contributed by atoms with E-state index in [1.165, 1.54) is 0 Å². The molecule has 5 heteroatoms. The highest BCUT2D eigenvalue weighted by molar-refractivity contribution is 9.10. The van der Waals surface area contributed by atoms with E-state index in [1.807, 2.05) is 30.3 Å². The maximum absolute atomic E-state index is 11.9. The quantitative estimate of drug-likeness (QED) is 0.887. The van der Waals surface area contributed by atoms with Crippen molar-refractivity contribution in [3.8, 4) is 0 Å². The van der Waals surface area contributed by atoms with Gasteiger partial charge in [0.25, 0.3) is 0 Å². The summed E-state index contributed by atoms with van der Waals surface area (Å²) in [5.41, 5.74) is 2.01. The van der Waals surface area contributed by atoms with Crippen molar-refractivity contribution >= 4 is 27.7 Å². The first-order valence-electron chi connectivity index (χ1n) is 6.26. The predicted octanol–water partition coefficient (Wildman–Crippen LogP) is 3.31. The van der Waals surface area contributed by atoms with Crippen molar-refractivity contribution in [2.75, 3.05) is 5.32 Å². The number of nitrogens with one attached hydrogen (secondary N) is 2. The summed E-state index contributed by atoms with van der Waals surface area (Å²) in [6, 6.07) is 9.60. The zero-order chi connectivity index (χ0) is 13.7. The Morgan fingerprint density at radius 1 is 1.42 bits per heavy atom. The number of benzene rings is 1. The number of hydrogen-bond acceptors (Lipinski definition) is 2. The number of halogens is 1. The van der Waals surface area contributed by atoms with E-state index in [9.17, 15) is 4.79 Å². The Balaban J connectivity index is 1.93. The zero-order valence-electron chi connectivity index (χ0n) is 10.7. The summed E-state index contributed by atoms with van der Waals surface area (Å²) < 4.78 is 0.975. The molecular formula is C14H16BrN3O. The van der Waals surface area contributed by atoms with E-state index in [2.05, 4.69) is 38.4 Å². The molecular weight excluding hydrogens is 306 g/mol. The fourth-order valence-electron chi connectivity index (χ4n) is 1.84. The summed E-state index contributed by atoms with van der Waals surface area (Å²) in [5.74, 6) is 0.524. The predicted molar refractivity (Wildman–Crippen MR) is 79.1 cm³/mol. The Morgan fingerprint density at radius 2 is 2.26 bits per heavy atom. The van der Waals surface area contributed by atoms with Crippen molar-refractivity contribution in [2.24, 2.45) is 0 Å². The molecule has 4 nitrogen and oxygen atoms in total. The molecule has 1 heterocycles. The largest absolute Gasteiger partial charge is 0.309 e. The molecule has 1 aromatic heterocycles. The van der Waals surface area contributed by atoms with Crippen molar-refractivity contribution in [1.29, 1.82) is 0 Å².